The first-order valence-electron chi connectivity index (χ1n) is 15.6. The molecule has 1 aliphatic heterocycles. The molecule has 3 heterocycles. The Labute approximate surface area is 263 Å². The minimum Gasteiger partial charge on any atom is -0.456 e. The van der Waals surface area contributed by atoms with Gasteiger partial charge in [-0.15, -0.1) is 0 Å². The SMILES string of the molecule is c1ccc(-c2cc3c4c5c(cccc5n(-c5nc6c7c(cccc7n5)Oc5ccccc5-6)c4c2)-c2cccc4cccc-3c24)cc1. The van der Waals surface area contributed by atoms with Crippen LogP contribution in [0.2, 0.25) is 0 Å². The van der Waals surface area contributed by atoms with E-state index in [-0.39, 0.29) is 0 Å². The summed E-state index contributed by atoms with van der Waals surface area (Å²) < 4.78 is 8.59. The molecule has 4 heteroatoms. The second-order valence-electron chi connectivity index (χ2n) is 12.1. The van der Waals surface area contributed by atoms with Gasteiger partial charge in [0.15, 0.2) is 0 Å². The summed E-state index contributed by atoms with van der Waals surface area (Å²) in [5.41, 5.74) is 12.2. The predicted octanol–water partition coefficient (Wildman–Crippen LogP) is 11.0. The Morgan fingerprint density at radius 1 is 0.435 bits per heavy atom. The van der Waals surface area contributed by atoms with Crippen molar-refractivity contribution in [3.05, 3.63) is 140 Å². The molecule has 212 valence electrons. The molecule has 4 nitrogen and oxygen atoms in total. The lowest BCUT2D eigenvalue weighted by molar-refractivity contribution is 0.486. The summed E-state index contributed by atoms with van der Waals surface area (Å²) >= 11 is 0. The van der Waals surface area contributed by atoms with Gasteiger partial charge in [-0.25, -0.2) is 9.97 Å². The van der Waals surface area contributed by atoms with E-state index in [9.17, 15) is 0 Å². The molecule has 2 aliphatic rings. The van der Waals surface area contributed by atoms with Crippen LogP contribution < -0.4 is 4.74 Å². The predicted molar refractivity (Wildman–Crippen MR) is 187 cm³/mol. The van der Waals surface area contributed by atoms with Crippen molar-refractivity contribution in [3.63, 3.8) is 0 Å². The van der Waals surface area contributed by atoms with Gasteiger partial charge in [0.05, 0.1) is 27.6 Å². The molecule has 1 aliphatic carbocycles. The lowest BCUT2D eigenvalue weighted by atomic mass is 9.92. The third-order valence-corrected chi connectivity index (χ3v) is 9.72. The Balaban J connectivity index is 1.34. The van der Waals surface area contributed by atoms with E-state index < -0.39 is 0 Å². The molecule has 0 saturated heterocycles. The van der Waals surface area contributed by atoms with Crippen molar-refractivity contribution in [2.75, 3.05) is 0 Å². The Bertz CT molecular complexity index is 2770. The van der Waals surface area contributed by atoms with Gasteiger partial charge in [-0.1, -0.05) is 97.1 Å². The topological polar surface area (TPSA) is 39.9 Å². The van der Waals surface area contributed by atoms with Gasteiger partial charge in [0.25, 0.3) is 0 Å². The van der Waals surface area contributed by atoms with Gasteiger partial charge in [0, 0.05) is 16.3 Å². The van der Waals surface area contributed by atoms with Crippen molar-refractivity contribution in [2.24, 2.45) is 0 Å². The summed E-state index contributed by atoms with van der Waals surface area (Å²) in [4.78, 5) is 10.6. The number of hydrogen-bond acceptors (Lipinski definition) is 3. The van der Waals surface area contributed by atoms with Crippen LogP contribution in [-0.2, 0) is 0 Å². The van der Waals surface area contributed by atoms with Gasteiger partial charge in [-0.3, -0.25) is 4.57 Å². The van der Waals surface area contributed by atoms with E-state index in [1.54, 1.807) is 0 Å². The third-order valence-electron chi connectivity index (χ3n) is 9.72. The quantitative estimate of drug-likeness (QED) is 0.203. The highest BCUT2D eigenvalue weighted by atomic mass is 16.5. The fourth-order valence-corrected chi connectivity index (χ4v) is 7.81. The van der Waals surface area contributed by atoms with Crippen molar-refractivity contribution >= 4 is 43.5 Å². The maximum atomic E-state index is 6.31. The van der Waals surface area contributed by atoms with E-state index in [4.69, 9.17) is 14.7 Å². The first kappa shape index (κ1) is 24.1. The monoisotopic (exact) mass is 585 g/mol. The molecule has 0 N–H and O–H groups in total. The van der Waals surface area contributed by atoms with Gasteiger partial charge in [0.1, 0.15) is 11.5 Å². The maximum Gasteiger partial charge on any atom is 0.235 e. The van der Waals surface area contributed by atoms with Gasteiger partial charge in [0.2, 0.25) is 5.95 Å². The van der Waals surface area contributed by atoms with E-state index in [2.05, 4.69) is 114 Å². The van der Waals surface area contributed by atoms with E-state index in [0.29, 0.717) is 5.95 Å². The number of benzene rings is 7. The molecule has 0 unspecified atom stereocenters. The van der Waals surface area contributed by atoms with Crippen LogP contribution in [0, 0.1) is 0 Å². The summed E-state index contributed by atoms with van der Waals surface area (Å²) in [5.74, 6) is 2.25. The fraction of sp³-hybridized carbons (Fsp3) is 0. The highest BCUT2D eigenvalue weighted by Gasteiger charge is 2.28. The Hall–Kier alpha value is -6.26. The highest BCUT2D eigenvalue weighted by Crippen LogP contribution is 2.51. The van der Waals surface area contributed by atoms with Crippen LogP contribution in [0.4, 0.5) is 0 Å². The average Bonchev–Trinajstić information content (AvgIpc) is 3.39. The summed E-state index contributed by atoms with van der Waals surface area (Å²) in [6.07, 6.45) is 0. The number of fused-ring (bicyclic) bond motifs is 4. The van der Waals surface area contributed by atoms with Crippen LogP contribution in [0.5, 0.6) is 11.5 Å². The van der Waals surface area contributed by atoms with Crippen molar-refractivity contribution < 1.29 is 4.74 Å². The molecule has 0 spiro atoms. The van der Waals surface area contributed by atoms with Crippen molar-refractivity contribution in [3.8, 4) is 62.1 Å². The zero-order valence-electron chi connectivity index (χ0n) is 24.5. The lowest BCUT2D eigenvalue weighted by Gasteiger charge is -2.21. The number of ether oxygens (including phenoxy) is 1. The second kappa shape index (κ2) is 8.68. The van der Waals surface area contributed by atoms with Crippen LogP contribution in [0.1, 0.15) is 0 Å². The molecular weight excluding hydrogens is 562 g/mol. The summed E-state index contributed by atoms with van der Waals surface area (Å²) in [6.45, 7) is 0. The molecule has 0 radical (unpaired) electrons. The number of hydrogen-bond donors (Lipinski definition) is 0. The van der Waals surface area contributed by atoms with Crippen LogP contribution >= 0.6 is 0 Å². The molecule has 11 rings (SSSR count). The number of para-hydroxylation sites is 1. The molecule has 9 aromatic rings. The number of rotatable bonds is 2. The van der Waals surface area contributed by atoms with Gasteiger partial charge >= 0.3 is 0 Å². The van der Waals surface area contributed by atoms with E-state index in [0.717, 1.165) is 50.3 Å². The van der Waals surface area contributed by atoms with Gasteiger partial charge < -0.3 is 4.74 Å². The van der Waals surface area contributed by atoms with E-state index in [1.807, 2.05) is 30.3 Å². The normalized spacial score (nSPS) is 12.5. The Kier molecular flexibility index (Phi) is 4.55. The minimum atomic E-state index is 0.650. The number of nitrogens with zero attached hydrogens (tertiary/aromatic N) is 3. The van der Waals surface area contributed by atoms with E-state index >= 15 is 0 Å². The van der Waals surface area contributed by atoms with Crippen molar-refractivity contribution in [1.29, 1.82) is 0 Å². The molecule has 0 amide bonds. The Morgan fingerprint density at radius 3 is 1.98 bits per heavy atom. The number of aromatic nitrogens is 3. The third kappa shape index (κ3) is 3.07. The molecule has 0 fully saturated rings. The molecular formula is C42H23N3O. The standard InChI is InChI=1S/C42H23N3O/c1-2-10-24(11-3-1)26-22-31-29-16-7-13-25-12-6-15-27(37(25)29)28-17-8-19-33-38(28)39(31)34(23-26)45(33)42-43-32-18-9-21-36-40(32)41(44-42)30-14-4-5-20-35(30)46-36/h1-23H. The summed E-state index contributed by atoms with van der Waals surface area (Å²) in [7, 11) is 0. The van der Waals surface area contributed by atoms with Gasteiger partial charge in [-0.05, 0) is 86.6 Å². The van der Waals surface area contributed by atoms with E-state index in [1.165, 1.54) is 49.4 Å². The van der Waals surface area contributed by atoms with Crippen LogP contribution in [0.3, 0.4) is 0 Å². The smallest absolute Gasteiger partial charge is 0.235 e. The summed E-state index contributed by atoms with van der Waals surface area (Å²) in [5, 5.41) is 5.94. The summed E-state index contributed by atoms with van der Waals surface area (Å²) in [6, 6.07) is 49.6. The molecule has 2 aromatic heterocycles. The highest BCUT2D eigenvalue weighted by molar-refractivity contribution is 6.27. The molecule has 7 aromatic carbocycles. The molecule has 0 atom stereocenters. The van der Waals surface area contributed by atoms with Crippen molar-refractivity contribution in [1.82, 2.24) is 14.5 Å². The van der Waals surface area contributed by atoms with Crippen LogP contribution in [-0.4, -0.2) is 14.5 Å². The molecule has 0 bridgehead atoms. The second-order valence-corrected chi connectivity index (χ2v) is 12.1. The largest absolute Gasteiger partial charge is 0.456 e. The first-order valence-corrected chi connectivity index (χ1v) is 15.6. The van der Waals surface area contributed by atoms with Crippen LogP contribution in [0.25, 0.3) is 94.1 Å². The van der Waals surface area contributed by atoms with Crippen LogP contribution in [0.15, 0.2) is 140 Å². The first-order chi connectivity index (χ1) is 22.8. The zero-order chi connectivity index (χ0) is 29.9. The molecule has 46 heavy (non-hydrogen) atoms. The minimum absolute atomic E-state index is 0.650. The molecule has 0 saturated carbocycles. The fourth-order valence-electron chi connectivity index (χ4n) is 7.81. The van der Waals surface area contributed by atoms with Crippen molar-refractivity contribution in [2.45, 2.75) is 0 Å². The van der Waals surface area contributed by atoms with Gasteiger partial charge in [-0.2, -0.15) is 0 Å². The Morgan fingerprint density at radius 2 is 1.11 bits per heavy atom. The maximum absolute atomic E-state index is 6.31. The average molecular weight is 586 g/mol. The lowest BCUT2D eigenvalue weighted by Crippen LogP contribution is -2.06. The zero-order valence-corrected chi connectivity index (χ0v) is 24.5.